The zero-order valence-corrected chi connectivity index (χ0v) is 21.1. The van der Waals surface area contributed by atoms with Crippen LogP contribution in [0.1, 0.15) is 30.5 Å². The fraction of sp³-hybridized carbons (Fsp3) is 0.276. The van der Waals surface area contributed by atoms with Crippen molar-refractivity contribution >= 4 is 28.8 Å². The largest absolute Gasteiger partial charge is 0.445 e. The summed E-state index contributed by atoms with van der Waals surface area (Å²) in [5, 5.41) is 2.46. The third-order valence-electron chi connectivity index (χ3n) is 5.61. The van der Waals surface area contributed by atoms with Gasteiger partial charge in [0.1, 0.15) is 6.61 Å². The summed E-state index contributed by atoms with van der Waals surface area (Å²) in [5.74, 6) is -1.45. The van der Waals surface area contributed by atoms with Gasteiger partial charge in [0, 0.05) is 4.90 Å². The SMILES string of the molecule is Cc1ccc(SC(=O)[C@@H](Cc2ccccc2)C(=O)[C@@H](NC(=O)OCc2ccccc2)C(C)C)cc1. The normalized spacial score (nSPS) is 12.6. The third-order valence-corrected chi connectivity index (χ3v) is 6.60. The number of hydrogen-bond acceptors (Lipinski definition) is 5. The van der Waals surface area contributed by atoms with Crippen molar-refractivity contribution in [2.75, 3.05) is 0 Å². The molecule has 0 aliphatic heterocycles. The highest BCUT2D eigenvalue weighted by Crippen LogP contribution is 2.27. The van der Waals surface area contributed by atoms with Crippen molar-refractivity contribution in [1.82, 2.24) is 5.32 Å². The highest BCUT2D eigenvalue weighted by molar-refractivity contribution is 8.13. The van der Waals surface area contributed by atoms with Crippen molar-refractivity contribution in [2.24, 2.45) is 11.8 Å². The Morgan fingerprint density at radius 2 is 1.40 bits per heavy atom. The first-order valence-electron chi connectivity index (χ1n) is 11.7. The van der Waals surface area contributed by atoms with E-state index in [2.05, 4.69) is 5.32 Å². The first-order valence-corrected chi connectivity index (χ1v) is 12.5. The van der Waals surface area contributed by atoms with Gasteiger partial charge >= 0.3 is 6.09 Å². The maximum absolute atomic E-state index is 13.7. The number of rotatable bonds is 10. The Kier molecular flexibility index (Phi) is 9.67. The molecule has 0 radical (unpaired) electrons. The molecular weight excluding hydrogens is 458 g/mol. The van der Waals surface area contributed by atoms with Crippen LogP contribution in [0.3, 0.4) is 0 Å². The topological polar surface area (TPSA) is 72.5 Å². The van der Waals surface area contributed by atoms with E-state index in [0.29, 0.717) is 0 Å². The van der Waals surface area contributed by atoms with Crippen LogP contribution in [-0.2, 0) is 27.4 Å². The number of benzene rings is 3. The Hall–Kier alpha value is -3.38. The molecule has 0 unspecified atom stereocenters. The molecule has 3 aromatic carbocycles. The summed E-state index contributed by atoms with van der Waals surface area (Å²) >= 11 is 1.06. The number of Topliss-reactive ketones (excluding diaryl/α,β-unsaturated/α-hetero) is 1. The molecule has 0 saturated carbocycles. The van der Waals surface area contributed by atoms with E-state index in [1.54, 1.807) is 0 Å². The molecule has 1 amide bonds. The molecule has 182 valence electrons. The summed E-state index contributed by atoms with van der Waals surface area (Å²) in [7, 11) is 0. The smallest absolute Gasteiger partial charge is 0.408 e. The second-order valence-electron chi connectivity index (χ2n) is 8.81. The number of carbonyl (C=O) groups is 3. The molecule has 3 rings (SSSR count). The molecular formula is C29H31NO4S. The van der Waals surface area contributed by atoms with Gasteiger partial charge in [0.05, 0.1) is 12.0 Å². The first-order chi connectivity index (χ1) is 16.8. The van der Waals surface area contributed by atoms with Gasteiger partial charge < -0.3 is 10.1 Å². The van der Waals surface area contributed by atoms with Crippen LogP contribution >= 0.6 is 11.8 Å². The summed E-state index contributed by atoms with van der Waals surface area (Å²) in [6, 6.07) is 25.6. The maximum Gasteiger partial charge on any atom is 0.408 e. The lowest BCUT2D eigenvalue weighted by Crippen LogP contribution is -2.48. The molecule has 0 aliphatic carbocycles. The number of alkyl carbamates (subject to hydrolysis) is 1. The molecule has 0 aliphatic rings. The standard InChI is InChI=1S/C29H31NO4S/c1-20(2)26(30-29(33)34-19-23-12-8-5-9-13-23)27(31)25(18-22-10-6-4-7-11-22)28(32)35-24-16-14-21(3)15-17-24/h4-17,20,25-26H,18-19H2,1-3H3,(H,30,33)/t25-,26-/m0/s1. The van der Waals surface area contributed by atoms with Crippen molar-refractivity contribution in [3.63, 3.8) is 0 Å². The monoisotopic (exact) mass is 489 g/mol. The van der Waals surface area contributed by atoms with E-state index in [-0.39, 0.29) is 29.8 Å². The number of thioether (sulfide) groups is 1. The predicted octanol–water partition coefficient (Wildman–Crippen LogP) is 5.99. The van der Waals surface area contributed by atoms with Crippen LogP contribution in [0.2, 0.25) is 0 Å². The van der Waals surface area contributed by atoms with Gasteiger partial charge in [-0.1, -0.05) is 104 Å². The molecule has 0 heterocycles. The summed E-state index contributed by atoms with van der Waals surface area (Å²) in [6.45, 7) is 5.77. The van der Waals surface area contributed by atoms with Crippen LogP contribution < -0.4 is 5.32 Å². The summed E-state index contributed by atoms with van der Waals surface area (Å²) in [6.07, 6.45) is -0.417. The minimum atomic E-state index is -0.912. The highest BCUT2D eigenvalue weighted by Gasteiger charge is 2.35. The van der Waals surface area contributed by atoms with Gasteiger partial charge in [0.25, 0.3) is 0 Å². The van der Waals surface area contributed by atoms with E-state index in [1.807, 2.05) is 106 Å². The van der Waals surface area contributed by atoms with Crippen molar-refractivity contribution in [2.45, 2.75) is 44.7 Å². The van der Waals surface area contributed by atoms with E-state index >= 15 is 0 Å². The minimum absolute atomic E-state index is 0.0985. The number of hydrogen-bond donors (Lipinski definition) is 1. The van der Waals surface area contributed by atoms with E-state index in [4.69, 9.17) is 4.74 Å². The number of ketones is 1. The van der Waals surface area contributed by atoms with Crippen LogP contribution in [0, 0.1) is 18.8 Å². The Morgan fingerprint density at radius 1 is 0.829 bits per heavy atom. The lowest BCUT2D eigenvalue weighted by molar-refractivity contribution is -0.130. The van der Waals surface area contributed by atoms with Gasteiger partial charge in [0.15, 0.2) is 5.78 Å². The van der Waals surface area contributed by atoms with Gasteiger partial charge in [-0.2, -0.15) is 0 Å². The summed E-state index contributed by atoms with van der Waals surface area (Å²) in [5.41, 5.74) is 2.83. The molecule has 1 N–H and O–H groups in total. The third kappa shape index (κ3) is 8.11. The van der Waals surface area contributed by atoms with E-state index in [9.17, 15) is 14.4 Å². The van der Waals surface area contributed by atoms with Gasteiger partial charge in [-0.3, -0.25) is 9.59 Å². The Morgan fingerprint density at radius 3 is 1.97 bits per heavy atom. The Labute approximate surface area is 211 Å². The van der Waals surface area contributed by atoms with Crippen molar-refractivity contribution in [1.29, 1.82) is 0 Å². The van der Waals surface area contributed by atoms with Crippen LogP contribution in [-0.4, -0.2) is 23.0 Å². The quantitative estimate of drug-likeness (QED) is 0.280. The van der Waals surface area contributed by atoms with Crippen LogP contribution in [0.15, 0.2) is 89.8 Å². The lowest BCUT2D eigenvalue weighted by atomic mass is 9.87. The summed E-state index contributed by atoms with van der Waals surface area (Å²) in [4.78, 5) is 40.4. The number of carbonyl (C=O) groups excluding carboxylic acids is 3. The Balaban J connectivity index is 1.76. The van der Waals surface area contributed by atoms with Crippen LogP contribution in [0.25, 0.3) is 0 Å². The number of aryl methyl sites for hydroxylation is 1. The van der Waals surface area contributed by atoms with Crippen LogP contribution in [0.4, 0.5) is 4.79 Å². The second-order valence-corrected chi connectivity index (χ2v) is 9.88. The zero-order chi connectivity index (χ0) is 25.2. The number of amides is 1. The molecule has 0 spiro atoms. The minimum Gasteiger partial charge on any atom is -0.445 e. The molecule has 3 aromatic rings. The van der Waals surface area contributed by atoms with Gasteiger partial charge in [-0.15, -0.1) is 0 Å². The van der Waals surface area contributed by atoms with Gasteiger partial charge in [0.2, 0.25) is 5.12 Å². The van der Waals surface area contributed by atoms with Crippen molar-refractivity contribution < 1.29 is 19.1 Å². The number of ether oxygens (including phenoxy) is 1. The molecule has 2 atom stereocenters. The zero-order valence-electron chi connectivity index (χ0n) is 20.3. The van der Waals surface area contributed by atoms with Crippen molar-refractivity contribution in [3.8, 4) is 0 Å². The second kappa shape index (κ2) is 12.9. The maximum atomic E-state index is 13.7. The molecule has 0 saturated heterocycles. The molecule has 5 nitrogen and oxygen atoms in total. The van der Waals surface area contributed by atoms with E-state index in [0.717, 1.165) is 33.3 Å². The fourth-order valence-electron chi connectivity index (χ4n) is 3.62. The first kappa shape index (κ1) is 26.2. The van der Waals surface area contributed by atoms with E-state index < -0.39 is 18.1 Å². The van der Waals surface area contributed by atoms with E-state index in [1.165, 1.54) is 0 Å². The summed E-state index contributed by atoms with van der Waals surface area (Å²) < 4.78 is 5.33. The molecule has 6 heteroatoms. The molecule has 35 heavy (non-hydrogen) atoms. The van der Waals surface area contributed by atoms with Crippen LogP contribution in [0.5, 0.6) is 0 Å². The van der Waals surface area contributed by atoms with Gasteiger partial charge in [-0.05, 0) is 42.5 Å². The fourth-order valence-corrected chi connectivity index (χ4v) is 4.46. The highest BCUT2D eigenvalue weighted by atomic mass is 32.2. The molecule has 0 bridgehead atoms. The van der Waals surface area contributed by atoms with Crippen molar-refractivity contribution in [3.05, 3.63) is 102 Å². The average molecular weight is 490 g/mol. The molecule has 0 fully saturated rings. The van der Waals surface area contributed by atoms with Gasteiger partial charge in [-0.25, -0.2) is 4.79 Å². The Bertz CT molecular complexity index is 1110. The number of nitrogens with one attached hydrogen (secondary N) is 1. The average Bonchev–Trinajstić information content (AvgIpc) is 2.86. The lowest BCUT2D eigenvalue weighted by Gasteiger charge is -2.25. The predicted molar refractivity (Wildman–Crippen MR) is 139 cm³/mol. The molecule has 0 aromatic heterocycles.